The Balaban J connectivity index is 1.66. The number of nitrogens with zero attached hydrogens (tertiary/aromatic N) is 5. The zero-order valence-corrected chi connectivity index (χ0v) is 11.8. The second-order valence-corrected chi connectivity index (χ2v) is 4.52. The zero-order chi connectivity index (χ0) is 16.1. The van der Waals surface area contributed by atoms with Crippen molar-refractivity contribution in [2.24, 2.45) is 5.10 Å². The third-order valence-corrected chi connectivity index (χ3v) is 3.02. The van der Waals surface area contributed by atoms with Gasteiger partial charge in [0.1, 0.15) is 12.1 Å². The van der Waals surface area contributed by atoms with Gasteiger partial charge in [-0.1, -0.05) is 18.2 Å². The van der Waals surface area contributed by atoms with E-state index in [2.05, 4.69) is 26.1 Å². The summed E-state index contributed by atoms with van der Waals surface area (Å²) < 4.78 is 14.9. The van der Waals surface area contributed by atoms with Gasteiger partial charge in [0.2, 0.25) is 0 Å². The molecule has 1 heterocycles. The van der Waals surface area contributed by atoms with E-state index in [1.165, 1.54) is 23.3 Å². The van der Waals surface area contributed by atoms with Gasteiger partial charge in [-0.05, 0) is 40.8 Å². The van der Waals surface area contributed by atoms with Crippen molar-refractivity contribution in [3.8, 4) is 5.69 Å². The van der Waals surface area contributed by atoms with Crippen LogP contribution in [-0.2, 0) is 0 Å². The van der Waals surface area contributed by atoms with Crippen molar-refractivity contribution in [3.05, 3.63) is 71.8 Å². The largest absolute Gasteiger partial charge is 0.271 e. The Bertz CT molecular complexity index is 829. The quantitative estimate of drug-likeness (QED) is 0.585. The predicted molar refractivity (Wildman–Crippen MR) is 80.6 cm³/mol. The normalized spacial score (nSPS) is 10.8. The molecule has 2 aromatic carbocycles. The van der Waals surface area contributed by atoms with Gasteiger partial charge in [-0.15, -0.1) is 5.10 Å². The summed E-state index contributed by atoms with van der Waals surface area (Å²) >= 11 is 0. The average Bonchev–Trinajstić information content (AvgIpc) is 3.11. The van der Waals surface area contributed by atoms with Gasteiger partial charge in [0.25, 0.3) is 5.91 Å². The number of hydrogen-bond donors (Lipinski definition) is 1. The van der Waals surface area contributed by atoms with Crippen LogP contribution in [0.2, 0.25) is 0 Å². The molecule has 0 radical (unpaired) electrons. The number of halogens is 1. The fourth-order valence-electron chi connectivity index (χ4n) is 1.85. The number of carbonyl (C=O) groups excluding carboxylic acids is 1. The molecule has 8 heteroatoms. The molecular formula is C15H11FN6O. The molecule has 0 fully saturated rings. The highest BCUT2D eigenvalue weighted by Gasteiger charge is 2.05. The highest BCUT2D eigenvalue weighted by atomic mass is 19.1. The number of tetrazole rings is 1. The van der Waals surface area contributed by atoms with Gasteiger partial charge in [-0.3, -0.25) is 4.79 Å². The van der Waals surface area contributed by atoms with E-state index in [9.17, 15) is 9.18 Å². The molecule has 0 saturated heterocycles. The van der Waals surface area contributed by atoms with E-state index in [0.29, 0.717) is 11.1 Å². The standard InChI is InChI=1S/C15H11FN6O/c16-14-4-2-1-3-12(14)9-17-19-15(23)11-5-7-13(8-6-11)22-10-18-20-21-22/h1-10H,(H,19,23)/b17-9+. The first-order valence-corrected chi connectivity index (χ1v) is 6.65. The third kappa shape index (κ3) is 3.43. The van der Waals surface area contributed by atoms with Gasteiger partial charge in [-0.2, -0.15) is 5.10 Å². The van der Waals surface area contributed by atoms with E-state index in [-0.39, 0.29) is 0 Å². The molecule has 23 heavy (non-hydrogen) atoms. The van der Waals surface area contributed by atoms with Gasteiger partial charge in [0.15, 0.2) is 0 Å². The van der Waals surface area contributed by atoms with Crippen LogP contribution in [-0.4, -0.2) is 32.3 Å². The maximum absolute atomic E-state index is 13.4. The Labute approximate surface area is 130 Å². The molecule has 0 aliphatic carbocycles. The van der Waals surface area contributed by atoms with Crippen molar-refractivity contribution in [2.45, 2.75) is 0 Å². The Morgan fingerprint density at radius 3 is 2.65 bits per heavy atom. The fourth-order valence-corrected chi connectivity index (χ4v) is 1.85. The fraction of sp³-hybridized carbons (Fsp3) is 0. The van der Waals surface area contributed by atoms with E-state index in [4.69, 9.17) is 0 Å². The summed E-state index contributed by atoms with van der Waals surface area (Å²) in [6.07, 6.45) is 2.70. The summed E-state index contributed by atoms with van der Waals surface area (Å²) in [7, 11) is 0. The number of rotatable bonds is 4. The molecule has 3 rings (SSSR count). The molecule has 0 aliphatic heterocycles. The minimum absolute atomic E-state index is 0.293. The van der Waals surface area contributed by atoms with E-state index < -0.39 is 11.7 Å². The average molecular weight is 310 g/mol. The summed E-state index contributed by atoms with van der Waals surface area (Å²) in [6.45, 7) is 0. The number of hydrogen-bond acceptors (Lipinski definition) is 5. The van der Waals surface area contributed by atoms with Crippen LogP contribution >= 0.6 is 0 Å². The van der Waals surface area contributed by atoms with Crippen LogP contribution in [0.25, 0.3) is 5.69 Å². The second kappa shape index (κ2) is 6.56. The first-order valence-electron chi connectivity index (χ1n) is 6.65. The van der Waals surface area contributed by atoms with Crippen LogP contribution in [0.3, 0.4) is 0 Å². The van der Waals surface area contributed by atoms with Crippen LogP contribution < -0.4 is 5.43 Å². The van der Waals surface area contributed by atoms with Crippen molar-refractivity contribution in [2.75, 3.05) is 0 Å². The van der Waals surface area contributed by atoms with Crippen molar-refractivity contribution < 1.29 is 9.18 Å². The molecular weight excluding hydrogens is 299 g/mol. The lowest BCUT2D eigenvalue weighted by molar-refractivity contribution is 0.0955. The highest BCUT2D eigenvalue weighted by Crippen LogP contribution is 2.08. The number of aromatic nitrogens is 4. The van der Waals surface area contributed by atoms with Crippen molar-refractivity contribution in [1.82, 2.24) is 25.6 Å². The Kier molecular flexibility index (Phi) is 4.14. The number of nitrogens with one attached hydrogen (secondary N) is 1. The number of carbonyl (C=O) groups is 1. The number of benzene rings is 2. The zero-order valence-electron chi connectivity index (χ0n) is 11.8. The van der Waals surface area contributed by atoms with Gasteiger partial charge in [0.05, 0.1) is 11.9 Å². The van der Waals surface area contributed by atoms with Crippen LogP contribution in [0, 0.1) is 5.82 Å². The van der Waals surface area contributed by atoms with E-state index in [1.807, 2.05) is 0 Å². The summed E-state index contributed by atoms with van der Waals surface area (Å²) in [4.78, 5) is 12.0. The molecule has 7 nitrogen and oxygen atoms in total. The molecule has 1 N–H and O–H groups in total. The molecule has 0 unspecified atom stereocenters. The number of amides is 1. The summed E-state index contributed by atoms with van der Waals surface area (Å²) in [5, 5.41) is 14.6. The third-order valence-electron chi connectivity index (χ3n) is 3.02. The second-order valence-electron chi connectivity index (χ2n) is 4.52. The topological polar surface area (TPSA) is 85.1 Å². The van der Waals surface area contributed by atoms with Crippen LogP contribution in [0.5, 0.6) is 0 Å². The molecule has 1 amide bonds. The molecule has 114 valence electrons. The smallest absolute Gasteiger partial charge is 0.267 e. The van der Waals surface area contributed by atoms with Gasteiger partial charge in [0, 0.05) is 11.1 Å². The molecule has 0 bridgehead atoms. The molecule has 0 spiro atoms. The van der Waals surface area contributed by atoms with Gasteiger partial charge >= 0.3 is 0 Å². The van der Waals surface area contributed by atoms with Gasteiger partial charge in [-0.25, -0.2) is 14.5 Å². The SMILES string of the molecule is O=C(N/N=C/c1ccccc1F)c1ccc(-n2cnnn2)cc1. The lowest BCUT2D eigenvalue weighted by atomic mass is 10.2. The van der Waals surface area contributed by atoms with Crippen molar-refractivity contribution in [3.63, 3.8) is 0 Å². The Hall–Kier alpha value is -3.42. The molecule has 0 atom stereocenters. The van der Waals surface area contributed by atoms with Crippen molar-refractivity contribution in [1.29, 1.82) is 0 Å². The molecule has 1 aromatic heterocycles. The van der Waals surface area contributed by atoms with E-state index in [1.54, 1.807) is 42.5 Å². The molecule has 0 aliphatic rings. The minimum Gasteiger partial charge on any atom is -0.267 e. The van der Waals surface area contributed by atoms with E-state index in [0.717, 1.165) is 5.69 Å². The maximum atomic E-state index is 13.4. The molecule has 0 saturated carbocycles. The Morgan fingerprint density at radius 2 is 1.96 bits per heavy atom. The summed E-state index contributed by atoms with van der Waals surface area (Å²) in [5.74, 6) is -0.808. The highest BCUT2D eigenvalue weighted by molar-refractivity contribution is 5.95. The van der Waals surface area contributed by atoms with Crippen LogP contribution in [0.4, 0.5) is 4.39 Å². The maximum Gasteiger partial charge on any atom is 0.271 e. The van der Waals surface area contributed by atoms with Crippen LogP contribution in [0.15, 0.2) is 60.0 Å². The lowest BCUT2D eigenvalue weighted by Crippen LogP contribution is -2.17. The molecule has 3 aromatic rings. The van der Waals surface area contributed by atoms with Gasteiger partial charge < -0.3 is 0 Å². The summed E-state index contributed by atoms with van der Waals surface area (Å²) in [6, 6.07) is 12.8. The van der Waals surface area contributed by atoms with Crippen LogP contribution in [0.1, 0.15) is 15.9 Å². The summed E-state index contributed by atoms with van der Waals surface area (Å²) in [5.41, 5.74) is 3.77. The first kappa shape index (κ1) is 14.5. The minimum atomic E-state index is -0.406. The van der Waals surface area contributed by atoms with E-state index >= 15 is 0 Å². The monoisotopic (exact) mass is 310 g/mol. The Morgan fingerprint density at radius 1 is 1.17 bits per heavy atom. The predicted octanol–water partition coefficient (Wildman–Crippen LogP) is 1.57. The van der Waals surface area contributed by atoms with Crippen molar-refractivity contribution >= 4 is 12.1 Å². The first-order chi connectivity index (χ1) is 11.2. The lowest BCUT2D eigenvalue weighted by Gasteiger charge is -2.02. The number of hydrazone groups is 1.